The molecular formula is C30H28N2. The van der Waals surface area contributed by atoms with Gasteiger partial charge in [0.1, 0.15) is 0 Å². The fourth-order valence-corrected chi connectivity index (χ4v) is 5.33. The van der Waals surface area contributed by atoms with Crippen LogP contribution in [0.1, 0.15) is 31.2 Å². The molecule has 2 heterocycles. The smallest absolute Gasteiger partial charge is 0.0497 e. The van der Waals surface area contributed by atoms with Crippen molar-refractivity contribution in [3.8, 4) is 0 Å². The molecule has 0 bridgehead atoms. The molecule has 0 saturated heterocycles. The maximum atomic E-state index is 3.65. The molecule has 0 unspecified atom stereocenters. The first-order valence-electron chi connectivity index (χ1n) is 11.8. The highest BCUT2D eigenvalue weighted by Crippen LogP contribution is 2.30. The molecule has 6 rings (SSSR count). The van der Waals surface area contributed by atoms with Gasteiger partial charge in [0.05, 0.1) is 0 Å². The summed E-state index contributed by atoms with van der Waals surface area (Å²) in [5.74, 6) is 0. The number of H-pyrrole nitrogens is 1. The van der Waals surface area contributed by atoms with Crippen LogP contribution < -0.4 is 0 Å². The number of aromatic nitrogens is 2. The van der Waals surface area contributed by atoms with Gasteiger partial charge in [-0.3, -0.25) is 0 Å². The van der Waals surface area contributed by atoms with E-state index in [4.69, 9.17) is 0 Å². The van der Waals surface area contributed by atoms with Crippen molar-refractivity contribution in [3.05, 3.63) is 96.6 Å². The van der Waals surface area contributed by atoms with Crippen LogP contribution in [-0.4, -0.2) is 9.55 Å². The summed E-state index contributed by atoms with van der Waals surface area (Å²) in [5.41, 5.74) is 6.72. The van der Waals surface area contributed by atoms with E-state index in [2.05, 4.69) is 101 Å². The Labute approximate surface area is 188 Å². The molecule has 32 heavy (non-hydrogen) atoms. The van der Waals surface area contributed by atoms with Crippen molar-refractivity contribution in [1.82, 2.24) is 9.55 Å². The van der Waals surface area contributed by atoms with Crippen LogP contribution >= 0.6 is 0 Å². The number of rotatable bonds is 7. The minimum Gasteiger partial charge on any atom is -0.354 e. The van der Waals surface area contributed by atoms with Crippen molar-refractivity contribution in [1.29, 1.82) is 0 Å². The lowest BCUT2D eigenvalue weighted by atomic mass is 10.0. The van der Waals surface area contributed by atoms with Crippen LogP contribution in [0.15, 0.2) is 91.0 Å². The zero-order valence-electron chi connectivity index (χ0n) is 18.4. The molecule has 2 nitrogen and oxygen atoms in total. The predicted octanol–water partition coefficient (Wildman–Crippen LogP) is 8.23. The van der Waals surface area contributed by atoms with E-state index in [0.29, 0.717) is 0 Å². The number of hydrogen-bond donors (Lipinski definition) is 1. The van der Waals surface area contributed by atoms with Crippen LogP contribution in [0.3, 0.4) is 0 Å². The van der Waals surface area contributed by atoms with Crippen molar-refractivity contribution >= 4 is 43.6 Å². The molecule has 0 saturated carbocycles. The van der Waals surface area contributed by atoms with Crippen LogP contribution in [0.5, 0.6) is 0 Å². The SMILES string of the molecule is c1ccc2c(c1)[nH]c1c(CCCCCCn3c4ccccc4c4ccccc43)cccc12. The van der Waals surface area contributed by atoms with Crippen LogP contribution in [0.4, 0.5) is 0 Å². The average molecular weight is 417 g/mol. The second-order valence-electron chi connectivity index (χ2n) is 8.86. The molecule has 2 aromatic heterocycles. The summed E-state index contributed by atoms with van der Waals surface area (Å²) in [6.07, 6.45) is 6.14. The largest absolute Gasteiger partial charge is 0.354 e. The van der Waals surface area contributed by atoms with E-state index in [1.807, 2.05) is 0 Å². The lowest BCUT2D eigenvalue weighted by Crippen LogP contribution is -1.98. The number of nitrogens with zero attached hydrogens (tertiary/aromatic N) is 1. The standard InChI is InChI=1S/C30H28N2/c1(3-12-22-13-11-17-26-23-14-4-7-18-27(23)31-30(22)26)2-10-21-32-28-19-8-5-15-24(28)25-16-6-9-20-29(25)32/h4-9,11,13-20,31H,1-3,10,12,21H2. The number of fused-ring (bicyclic) bond motifs is 6. The highest BCUT2D eigenvalue weighted by atomic mass is 15.0. The van der Waals surface area contributed by atoms with E-state index < -0.39 is 0 Å². The van der Waals surface area contributed by atoms with Crippen LogP contribution in [0.25, 0.3) is 43.6 Å². The van der Waals surface area contributed by atoms with Gasteiger partial charge < -0.3 is 9.55 Å². The Morgan fingerprint density at radius 2 is 1.16 bits per heavy atom. The van der Waals surface area contributed by atoms with E-state index in [9.17, 15) is 0 Å². The Morgan fingerprint density at radius 3 is 1.94 bits per heavy atom. The Morgan fingerprint density at radius 1 is 0.531 bits per heavy atom. The van der Waals surface area contributed by atoms with Crippen LogP contribution in [-0.2, 0) is 13.0 Å². The van der Waals surface area contributed by atoms with Crippen molar-refractivity contribution < 1.29 is 0 Å². The van der Waals surface area contributed by atoms with Gasteiger partial charge in [0.15, 0.2) is 0 Å². The predicted molar refractivity (Wildman–Crippen MR) is 137 cm³/mol. The molecule has 2 heteroatoms. The first-order chi connectivity index (χ1) is 15.9. The molecule has 0 aliphatic rings. The number of benzene rings is 4. The topological polar surface area (TPSA) is 20.7 Å². The van der Waals surface area contributed by atoms with E-state index in [-0.39, 0.29) is 0 Å². The Kier molecular flexibility index (Phi) is 4.92. The summed E-state index contributed by atoms with van der Waals surface area (Å²) in [4.78, 5) is 3.65. The number of aromatic amines is 1. The number of nitrogens with one attached hydrogen (secondary N) is 1. The van der Waals surface area contributed by atoms with E-state index in [1.54, 1.807) is 0 Å². The molecule has 0 radical (unpaired) electrons. The first-order valence-corrected chi connectivity index (χ1v) is 11.8. The van der Waals surface area contributed by atoms with Gasteiger partial charge in [-0.05, 0) is 43.0 Å². The van der Waals surface area contributed by atoms with Gasteiger partial charge in [-0.15, -0.1) is 0 Å². The third kappa shape index (κ3) is 3.27. The molecule has 0 aliphatic heterocycles. The Bertz CT molecular complexity index is 1480. The minimum atomic E-state index is 1.09. The average Bonchev–Trinajstić information content (AvgIpc) is 3.38. The highest BCUT2D eigenvalue weighted by Gasteiger charge is 2.10. The fourth-order valence-electron chi connectivity index (χ4n) is 5.33. The summed E-state index contributed by atoms with van der Waals surface area (Å²) in [7, 11) is 0. The van der Waals surface area contributed by atoms with E-state index in [0.717, 1.165) is 13.0 Å². The molecule has 0 amide bonds. The maximum absolute atomic E-state index is 3.65. The summed E-state index contributed by atoms with van der Waals surface area (Å²) in [5, 5.41) is 5.42. The molecule has 0 atom stereocenters. The Balaban J connectivity index is 1.11. The van der Waals surface area contributed by atoms with Gasteiger partial charge in [-0.2, -0.15) is 0 Å². The van der Waals surface area contributed by atoms with Crippen LogP contribution in [0, 0.1) is 0 Å². The molecular weight excluding hydrogens is 388 g/mol. The molecule has 0 fully saturated rings. The summed E-state index contributed by atoms with van der Waals surface area (Å²) >= 11 is 0. The number of unbranched alkanes of at least 4 members (excludes halogenated alkanes) is 3. The summed E-state index contributed by atoms with van der Waals surface area (Å²) in [6.45, 7) is 1.09. The number of aryl methyl sites for hydroxylation is 2. The first kappa shape index (κ1) is 19.2. The van der Waals surface area contributed by atoms with E-state index >= 15 is 0 Å². The van der Waals surface area contributed by atoms with Gasteiger partial charge in [0, 0.05) is 50.2 Å². The molecule has 158 valence electrons. The van der Waals surface area contributed by atoms with Crippen molar-refractivity contribution in [3.63, 3.8) is 0 Å². The van der Waals surface area contributed by atoms with Crippen molar-refractivity contribution in [2.75, 3.05) is 0 Å². The van der Waals surface area contributed by atoms with Gasteiger partial charge in [0.25, 0.3) is 0 Å². The zero-order valence-corrected chi connectivity index (χ0v) is 18.4. The monoisotopic (exact) mass is 416 g/mol. The van der Waals surface area contributed by atoms with Gasteiger partial charge in [0.2, 0.25) is 0 Å². The Hall–Kier alpha value is -3.52. The molecule has 4 aromatic carbocycles. The molecule has 1 N–H and O–H groups in total. The second-order valence-corrected chi connectivity index (χ2v) is 8.86. The van der Waals surface area contributed by atoms with Crippen LogP contribution in [0.2, 0.25) is 0 Å². The molecule has 6 aromatic rings. The van der Waals surface area contributed by atoms with Gasteiger partial charge >= 0.3 is 0 Å². The van der Waals surface area contributed by atoms with Crippen molar-refractivity contribution in [2.24, 2.45) is 0 Å². The lowest BCUT2D eigenvalue weighted by Gasteiger charge is -2.08. The number of para-hydroxylation sites is 4. The van der Waals surface area contributed by atoms with E-state index in [1.165, 1.54) is 74.9 Å². The zero-order chi connectivity index (χ0) is 21.3. The quantitative estimate of drug-likeness (QED) is 0.253. The third-order valence-electron chi connectivity index (χ3n) is 6.89. The van der Waals surface area contributed by atoms with Gasteiger partial charge in [-0.25, -0.2) is 0 Å². The number of hydrogen-bond acceptors (Lipinski definition) is 0. The van der Waals surface area contributed by atoms with Gasteiger partial charge in [-0.1, -0.05) is 85.6 Å². The fraction of sp³-hybridized carbons (Fsp3) is 0.200. The lowest BCUT2D eigenvalue weighted by molar-refractivity contribution is 0.589. The minimum absolute atomic E-state index is 1.09. The van der Waals surface area contributed by atoms with Crippen molar-refractivity contribution in [2.45, 2.75) is 38.6 Å². The summed E-state index contributed by atoms with van der Waals surface area (Å²) < 4.78 is 2.51. The molecule has 0 spiro atoms. The normalized spacial score (nSPS) is 11.9. The maximum Gasteiger partial charge on any atom is 0.0497 e. The molecule has 0 aliphatic carbocycles. The third-order valence-corrected chi connectivity index (χ3v) is 6.89. The summed E-state index contributed by atoms with van der Waals surface area (Å²) in [6, 6.07) is 33.0. The second kappa shape index (κ2) is 8.20. The highest BCUT2D eigenvalue weighted by molar-refractivity contribution is 6.08.